The van der Waals surface area contributed by atoms with Gasteiger partial charge in [-0.05, 0) is 24.8 Å². The highest BCUT2D eigenvalue weighted by atomic mass is 15.1. The quantitative estimate of drug-likeness (QED) is 0.685. The van der Waals surface area contributed by atoms with Gasteiger partial charge in [0.1, 0.15) is 5.82 Å². The Hall–Kier alpha value is -1.57. The molecule has 0 N–H and O–H groups in total. The molecule has 0 spiro atoms. The molecule has 0 aliphatic carbocycles. The summed E-state index contributed by atoms with van der Waals surface area (Å²) in [7, 11) is 0. The second kappa shape index (κ2) is 3.96. The molecule has 0 saturated carbocycles. The minimum Gasteiger partial charge on any atom is -0.327 e. The van der Waals surface area contributed by atoms with Gasteiger partial charge in [-0.1, -0.05) is 45.0 Å². The monoisotopic (exact) mass is 254 g/mol. The van der Waals surface area contributed by atoms with Crippen LogP contribution in [0.3, 0.4) is 0 Å². The fourth-order valence-corrected chi connectivity index (χ4v) is 3.11. The summed E-state index contributed by atoms with van der Waals surface area (Å²) < 4.78 is 2.40. The third kappa shape index (κ3) is 1.81. The predicted molar refractivity (Wildman–Crippen MR) is 79.3 cm³/mol. The summed E-state index contributed by atoms with van der Waals surface area (Å²) in [6.07, 6.45) is 0. The maximum absolute atomic E-state index is 4.77. The summed E-state index contributed by atoms with van der Waals surface area (Å²) in [5.41, 5.74) is 5.48. The molecule has 1 aliphatic heterocycles. The van der Waals surface area contributed by atoms with E-state index in [1.165, 1.54) is 16.8 Å². The molecule has 1 aliphatic rings. The van der Waals surface area contributed by atoms with Crippen molar-refractivity contribution in [2.75, 3.05) is 0 Å². The first-order chi connectivity index (χ1) is 8.89. The minimum atomic E-state index is 0.262. The Bertz CT molecular complexity index is 629. The summed E-state index contributed by atoms with van der Waals surface area (Å²) in [5.74, 6) is 1.69. The molecule has 1 aromatic heterocycles. The van der Waals surface area contributed by atoms with Gasteiger partial charge in [-0.15, -0.1) is 0 Å². The fourth-order valence-electron chi connectivity index (χ4n) is 3.11. The van der Waals surface area contributed by atoms with Crippen LogP contribution in [0.15, 0.2) is 24.3 Å². The molecule has 19 heavy (non-hydrogen) atoms. The highest BCUT2D eigenvalue weighted by Crippen LogP contribution is 2.44. The summed E-state index contributed by atoms with van der Waals surface area (Å²) in [6, 6.07) is 8.75. The number of hydrogen-bond donors (Lipinski definition) is 0. The predicted octanol–water partition coefficient (Wildman–Crippen LogP) is 4.31. The van der Waals surface area contributed by atoms with Crippen molar-refractivity contribution in [1.29, 1.82) is 0 Å². The van der Waals surface area contributed by atoms with Crippen LogP contribution < -0.4 is 0 Å². The average Bonchev–Trinajstić information content (AvgIpc) is 2.64. The molecule has 1 atom stereocenters. The second-order valence-corrected chi connectivity index (χ2v) is 6.72. The highest BCUT2D eigenvalue weighted by molar-refractivity contribution is 5.65. The van der Waals surface area contributed by atoms with Crippen LogP contribution in [-0.2, 0) is 6.54 Å². The Morgan fingerprint density at radius 1 is 1.16 bits per heavy atom. The molecular weight excluding hydrogens is 232 g/mol. The molecule has 0 amide bonds. The van der Waals surface area contributed by atoms with Gasteiger partial charge in [-0.2, -0.15) is 0 Å². The van der Waals surface area contributed by atoms with Gasteiger partial charge in [-0.3, -0.25) is 0 Å². The van der Waals surface area contributed by atoms with E-state index in [9.17, 15) is 0 Å². The second-order valence-electron chi connectivity index (χ2n) is 6.72. The Balaban J connectivity index is 2.27. The van der Waals surface area contributed by atoms with E-state index in [1.54, 1.807) is 0 Å². The van der Waals surface area contributed by atoms with Gasteiger partial charge in [0.25, 0.3) is 0 Å². The van der Waals surface area contributed by atoms with Crippen molar-refractivity contribution in [1.82, 2.24) is 9.55 Å². The van der Waals surface area contributed by atoms with E-state index in [-0.39, 0.29) is 5.41 Å². The van der Waals surface area contributed by atoms with Crippen molar-refractivity contribution < 1.29 is 0 Å². The number of imidazole rings is 1. The molecule has 3 rings (SSSR count). The lowest BCUT2D eigenvalue weighted by atomic mass is 9.73. The molecule has 2 aromatic rings. The maximum atomic E-state index is 4.77. The third-order valence-electron chi connectivity index (χ3n) is 4.45. The van der Waals surface area contributed by atoms with Crippen LogP contribution in [0, 0.1) is 19.3 Å². The van der Waals surface area contributed by atoms with E-state index in [0.29, 0.717) is 5.92 Å². The number of rotatable bonds is 0. The first kappa shape index (κ1) is 12.5. The molecule has 1 aromatic carbocycles. The zero-order valence-corrected chi connectivity index (χ0v) is 12.5. The molecule has 0 saturated heterocycles. The maximum Gasteiger partial charge on any atom is 0.140 e. The van der Waals surface area contributed by atoms with Gasteiger partial charge >= 0.3 is 0 Å². The van der Waals surface area contributed by atoms with Gasteiger partial charge in [0.05, 0.1) is 5.69 Å². The topological polar surface area (TPSA) is 17.8 Å². The van der Waals surface area contributed by atoms with E-state index in [0.717, 1.165) is 18.1 Å². The minimum absolute atomic E-state index is 0.262. The molecule has 0 bridgehead atoms. The molecule has 0 fully saturated rings. The van der Waals surface area contributed by atoms with E-state index in [2.05, 4.69) is 63.5 Å². The lowest BCUT2D eigenvalue weighted by Gasteiger charge is -2.36. The van der Waals surface area contributed by atoms with Crippen LogP contribution in [0.25, 0.3) is 11.4 Å². The molecule has 2 heteroatoms. The Labute approximate surface area is 115 Å². The van der Waals surface area contributed by atoms with Crippen LogP contribution in [-0.4, -0.2) is 9.55 Å². The number of nitrogens with zero attached hydrogens (tertiary/aromatic N) is 2. The van der Waals surface area contributed by atoms with Crippen LogP contribution in [0.1, 0.15) is 43.6 Å². The summed E-state index contributed by atoms with van der Waals surface area (Å²) in [6.45, 7) is 12.3. The van der Waals surface area contributed by atoms with Crippen molar-refractivity contribution in [3.05, 3.63) is 41.2 Å². The Morgan fingerprint density at radius 2 is 1.84 bits per heavy atom. The number of aryl methyl sites for hydroxylation is 1. The molecule has 1 unspecified atom stereocenters. The number of benzene rings is 1. The van der Waals surface area contributed by atoms with Gasteiger partial charge < -0.3 is 4.57 Å². The van der Waals surface area contributed by atoms with Crippen molar-refractivity contribution in [3.8, 4) is 11.4 Å². The van der Waals surface area contributed by atoms with E-state index in [4.69, 9.17) is 4.98 Å². The summed E-state index contributed by atoms with van der Waals surface area (Å²) in [4.78, 5) is 4.77. The van der Waals surface area contributed by atoms with Crippen LogP contribution in [0.4, 0.5) is 0 Å². The van der Waals surface area contributed by atoms with Gasteiger partial charge in [0.2, 0.25) is 0 Å². The molecule has 2 nitrogen and oxygen atoms in total. The van der Waals surface area contributed by atoms with Crippen LogP contribution in [0.5, 0.6) is 0 Å². The SMILES string of the molecule is Cc1nc2n(c1C)CC(C(C)(C)C)c1ccccc1-2. The van der Waals surface area contributed by atoms with Crippen molar-refractivity contribution >= 4 is 0 Å². The van der Waals surface area contributed by atoms with Crippen LogP contribution in [0.2, 0.25) is 0 Å². The van der Waals surface area contributed by atoms with E-state index in [1.807, 2.05) is 0 Å². The van der Waals surface area contributed by atoms with E-state index < -0.39 is 0 Å². The first-order valence-corrected chi connectivity index (χ1v) is 7.02. The number of fused-ring (bicyclic) bond motifs is 3. The van der Waals surface area contributed by atoms with Crippen molar-refractivity contribution in [2.24, 2.45) is 5.41 Å². The largest absolute Gasteiger partial charge is 0.327 e. The first-order valence-electron chi connectivity index (χ1n) is 7.02. The molecule has 0 radical (unpaired) electrons. The lowest BCUT2D eigenvalue weighted by molar-refractivity contribution is 0.285. The molecule has 100 valence electrons. The Morgan fingerprint density at radius 3 is 2.53 bits per heavy atom. The number of aromatic nitrogens is 2. The zero-order valence-electron chi connectivity index (χ0n) is 12.5. The van der Waals surface area contributed by atoms with Gasteiger partial charge in [0, 0.05) is 23.7 Å². The van der Waals surface area contributed by atoms with Gasteiger partial charge in [0.15, 0.2) is 0 Å². The standard InChI is InChI=1S/C17H22N2/c1-11-12(2)19-10-15(17(3,4)5)13-8-6-7-9-14(13)16(19)18-11/h6-9,15H,10H2,1-5H3. The fraction of sp³-hybridized carbons (Fsp3) is 0.471. The van der Waals surface area contributed by atoms with Crippen molar-refractivity contribution in [2.45, 2.75) is 47.1 Å². The highest BCUT2D eigenvalue weighted by Gasteiger charge is 2.34. The van der Waals surface area contributed by atoms with E-state index >= 15 is 0 Å². The Kier molecular flexibility index (Phi) is 2.60. The van der Waals surface area contributed by atoms with Crippen LogP contribution >= 0.6 is 0 Å². The average molecular weight is 254 g/mol. The smallest absolute Gasteiger partial charge is 0.140 e. The molecule has 2 heterocycles. The normalized spacial score (nSPS) is 18.1. The molecular formula is C17H22N2. The van der Waals surface area contributed by atoms with Gasteiger partial charge in [-0.25, -0.2) is 4.98 Å². The summed E-state index contributed by atoms with van der Waals surface area (Å²) >= 11 is 0. The lowest BCUT2D eigenvalue weighted by Crippen LogP contribution is -2.28. The number of hydrogen-bond acceptors (Lipinski definition) is 1. The summed E-state index contributed by atoms with van der Waals surface area (Å²) in [5, 5.41) is 0. The van der Waals surface area contributed by atoms with Crippen molar-refractivity contribution in [3.63, 3.8) is 0 Å². The third-order valence-corrected chi connectivity index (χ3v) is 4.45. The zero-order chi connectivity index (χ0) is 13.8.